The number of nitrogens with two attached hydrogens (primary N) is 1. The molecule has 0 amide bonds. The summed E-state index contributed by atoms with van der Waals surface area (Å²) >= 11 is 5.66. The van der Waals surface area contributed by atoms with Crippen LogP contribution in [-0.2, 0) is 11.2 Å². The molecule has 3 N–H and O–H groups in total. The van der Waals surface area contributed by atoms with Crippen molar-refractivity contribution in [2.75, 3.05) is 24.4 Å². The third-order valence-electron chi connectivity index (χ3n) is 2.57. The molecule has 5 heteroatoms. The maximum absolute atomic E-state index is 10.6. The van der Waals surface area contributed by atoms with Crippen molar-refractivity contribution in [1.82, 2.24) is 0 Å². The summed E-state index contributed by atoms with van der Waals surface area (Å²) in [6.07, 6.45) is 0.342. The van der Waals surface area contributed by atoms with Gasteiger partial charge in [0.05, 0.1) is 0 Å². The topological polar surface area (TPSA) is 66.6 Å². The van der Waals surface area contributed by atoms with Gasteiger partial charge >= 0.3 is 5.97 Å². The van der Waals surface area contributed by atoms with Gasteiger partial charge in [0.2, 0.25) is 0 Å². The number of benzene rings is 1. The molecule has 0 aliphatic carbocycles. The zero-order chi connectivity index (χ0) is 12.8. The van der Waals surface area contributed by atoms with Gasteiger partial charge in [-0.1, -0.05) is 12.1 Å². The molecule has 0 radical (unpaired) electrons. The van der Waals surface area contributed by atoms with Crippen LogP contribution >= 0.6 is 11.6 Å². The lowest BCUT2D eigenvalue weighted by atomic mass is 10.1. The van der Waals surface area contributed by atoms with Crippen LogP contribution in [0, 0.1) is 0 Å². The highest BCUT2D eigenvalue weighted by atomic mass is 35.5. The average molecular weight is 257 g/mol. The molecule has 94 valence electrons. The average Bonchev–Trinajstić information content (AvgIpc) is 2.30. The second kappa shape index (κ2) is 6.47. The van der Waals surface area contributed by atoms with Crippen LogP contribution in [0.15, 0.2) is 24.3 Å². The smallest absolute Gasteiger partial charge is 0.320 e. The number of hydrogen-bond acceptors (Lipinski definition) is 3. The lowest BCUT2D eigenvalue weighted by molar-refractivity contribution is -0.138. The Labute approximate surface area is 106 Å². The zero-order valence-corrected chi connectivity index (χ0v) is 10.5. The molecule has 0 spiro atoms. The quantitative estimate of drug-likeness (QED) is 0.754. The summed E-state index contributed by atoms with van der Waals surface area (Å²) in [4.78, 5) is 12.7. The maximum Gasteiger partial charge on any atom is 0.320 e. The second-order valence-corrected chi connectivity index (χ2v) is 4.30. The fourth-order valence-corrected chi connectivity index (χ4v) is 1.74. The molecule has 4 nitrogen and oxygen atoms in total. The molecule has 1 atom stereocenters. The van der Waals surface area contributed by atoms with Crippen molar-refractivity contribution >= 4 is 23.3 Å². The van der Waals surface area contributed by atoms with Crippen LogP contribution in [0.4, 0.5) is 5.69 Å². The van der Waals surface area contributed by atoms with Crippen molar-refractivity contribution in [3.63, 3.8) is 0 Å². The van der Waals surface area contributed by atoms with Gasteiger partial charge in [-0.3, -0.25) is 4.79 Å². The number of carbonyl (C=O) groups is 1. The summed E-state index contributed by atoms with van der Waals surface area (Å²) in [5.41, 5.74) is 7.44. The fourth-order valence-electron chi connectivity index (χ4n) is 1.48. The molecule has 0 saturated heterocycles. The van der Waals surface area contributed by atoms with E-state index in [4.69, 9.17) is 22.4 Å². The van der Waals surface area contributed by atoms with Crippen LogP contribution in [0.25, 0.3) is 0 Å². The summed E-state index contributed by atoms with van der Waals surface area (Å²) in [7, 11) is 1.96. The van der Waals surface area contributed by atoms with E-state index in [1.165, 1.54) is 0 Å². The third kappa shape index (κ3) is 4.24. The van der Waals surface area contributed by atoms with Gasteiger partial charge in [0, 0.05) is 25.2 Å². The SMILES string of the molecule is CN(CCCl)c1ccc(C[C@H](N)C(=O)O)cc1. The van der Waals surface area contributed by atoms with E-state index in [1.54, 1.807) is 0 Å². The van der Waals surface area contributed by atoms with Crippen molar-refractivity contribution < 1.29 is 9.90 Å². The normalized spacial score (nSPS) is 12.2. The summed E-state index contributed by atoms with van der Waals surface area (Å²) < 4.78 is 0. The highest BCUT2D eigenvalue weighted by Crippen LogP contribution is 2.14. The van der Waals surface area contributed by atoms with E-state index < -0.39 is 12.0 Å². The monoisotopic (exact) mass is 256 g/mol. The first-order valence-corrected chi connectivity index (χ1v) is 5.92. The first kappa shape index (κ1) is 13.8. The Balaban J connectivity index is 2.64. The van der Waals surface area contributed by atoms with E-state index in [-0.39, 0.29) is 0 Å². The molecular formula is C12H17ClN2O2. The fraction of sp³-hybridized carbons (Fsp3) is 0.417. The number of halogens is 1. The van der Waals surface area contributed by atoms with Crippen LogP contribution < -0.4 is 10.6 Å². The molecule has 0 heterocycles. The lowest BCUT2D eigenvalue weighted by Crippen LogP contribution is -2.32. The number of anilines is 1. The van der Waals surface area contributed by atoms with Gasteiger partial charge in [0.25, 0.3) is 0 Å². The van der Waals surface area contributed by atoms with E-state index in [2.05, 4.69) is 0 Å². The Morgan fingerprint density at radius 2 is 2.06 bits per heavy atom. The minimum Gasteiger partial charge on any atom is -0.480 e. The highest BCUT2D eigenvalue weighted by Gasteiger charge is 2.11. The summed E-state index contributed by atoms with van der Waals surface area (Å²) in [5.74, 6) is -0.407. The number of carboxylic acids is 1. The second-order valence-electron chi connectivity index (χ2n) is 3.93. The Kier molecular flexibility index (Phi) is 5.25. The van der Waals surface area contributed by atoms with Crippen LogP contribution in [0.5, 0.6) is 0 Å². The maximum atomic E-state index is 10.6. The summed E-state index contributed by atoms with van der Waals surface area (Å²) in [6.45, 7) is 0.773. The number of nitrogens with zero attached hydrogens (tertiary/aromatic N) is 1. The van der Waals surface area contributed by atoms with Crippen LogP contribution in [-0.4, -0.2) is 36.6 Å². The summed E-state index contributed by atoms with van der Waals surface area (Å²) in [6, 6.07) is 6.82. The molecule has 1 aromatic rings. The molecule has 1 aromatic carbocycles. The van der Waals surface area contributed by atoms with Crippen LogP contribution in [0.2, 0.25) is 0 Å². The molecule has 0 bridgehead atoms. The molecule has 0 unspecified atom stereocenters. The largest absolute Gasteiger partial charge is 0.480 e. The Bertz CT molecular complexity index is 367. The minimum atomic E-state index is -0.978. The zero-order valence-electron chi connectivity index (χ0n) is 9.77. The molecule has 0 aromatic heterocycles. The van der Waals surface area contributed by atoms with Gasteiger partial charge in [-0.2, -0.15) is 0 Å². The molecule has 17 heavy (non-hydrogen) atoms. The lowest BCUT2D eigenvalue weighted by Gasteiger charge is -2.18. The van der Waals surface area contributed by atoms with Crippen molar-refractivity contribution in [2.24, 2.45) is 5.73 Å². The number of aliphatic carboxylic acids is 1. The number of rotatable bonds is 6. The molecule has 0 aliphatic rings. The molecule has 1 rings (SSSR count). The summed E-state index contributed by atoms with van der Waals surface area (Å²) in [5, 5.41) is 8.71. The minimum absolute atomic E-state index is 0.342. The van der Waals surface area contributed by atoms with E-state index in [9.17, 15) is 4.79 Å². The molecule has 0 aliphatic heterocycles. The van der Waals surface area contributed by atoms with Crippen LogP contribution in [0.1, 0.15) is 5.56 Å². The van der Waals surface area contributed by atoms with E-state index in [0.29, 0.717) is 12.3 Å². The highest BCUT2D eigenvalue weighted by molar-refractivity contribution is 6.18. The third-order valence-corrected chi connectivity index (χ3v) is 2.74. The Morgan fingerprint density at radius 3 is 2.53 bits per heavy atom. The Hall–Kier alpha value is -1.26. The first-order valence-electron chi connectivity index (χ1n) is 5.39. The number of alkyl halides is 1. The van der Waals surface area contributed by atoms with Crippen molar-refractivity contribution in [1.29, 1.82) is 0 Å². The standard InChI is InChI=1S/C12H17ClN2O2/c1-15(7-6-13)10-4-2-9(3-5-10)8-11(14)12(16)17/h2-5,11H,6-8,14H2,1H3,(H,16,17)/t11-/m0/s1. The van der Waals surface area contributed by atoms with Gasteiger partial charge in [0.1, 0.15) is 6.04 Å². The van der Waals surface area contributed by atoms with Gasteiger partial charge in [-0.05, 0) is 24.1 Å². The van der Waals surface area contributed by atoms with Gasteiger partial charge in [0.15, 0.2) is 0 Å². The molecular weight excluding hydrogens is 240 g/mol. The van der Waals surface area contributed by atoms with Crippen molar-refractivity contribution in [2.45, 2.75) is 12.5 Å². The number of carboxylic acid groups (broad SMARTS) is 1. The predicted octanol–water partition coefficient (Wildman–Crippen LogP) is 1.32. The Morgan fingerprint density at radius 1 is 1.47 bits per heavy atom. The van der Waals surface area contributed by atoms with Crippen molar-refractivity contribution in [3.05, 3.63) is 29.8 Å². The van der Waals surface area contributed by atoms with Gasteiger partial charge in [-0.15, -0.1) is 11.6 Å². The van der Waals surface area contributed by atoms with E-state index in [1.807, 2.05) is 36.2 Å². The van der Waals surface area contributed by atoms with E-state index in [0.717, 1.165) is 17.8 Å². The molecule has 0 fully saturated rings. The van der Waals surface area contributed by atoms with Gasteiger partial charge < -0.3 is 15.7 Å². The van der Waals surface area contributed by atoms with Gasteiger partial charge in [-0.25, -0.2) is 0 Å². The molecule has 0 saturated carbocycles. The van der Waals surface area contributed by atoms with Crippen LogP contribution in [0.3, 0.4) is 0 Å². The van der Waals surface area contributed by atoms with Crippen molar-refractivity contribution in [3.8, 4) is 0 Å². The predicted molar refractivity (Wildman–Crippen MR) is 69.7 cm³/mol. The number of hydrogen-bond donors (Lipinski definition) is 2. The first-order chi connectivity index (χ1) is 8.04. The van der Waals surface area contributed by atoms with E-state index >= 15 is 0 Å².